The lowest BCUT2D eigenvalue weighted by Gasteiger charge is -2.39. The van der Waals surface area contributed by atoms with Crippen LogP contribution in [0.15, 0.2) is 29.3 Å². The number of carbonyl (C=O) groups is 1. The van der Waals surface area contributed by atoms with Gasteiger partial charge in [0.15, 0.2) is 5.96 Å². The summed E-state index contributed by atoms with van der Waals surface area (Å²) in [5.74, 6) is 0.940. The van der Waals surface area contributed by atoms with Crippen LogP contribution in [0.1, 0.15) is 31.9 Å². The van der Waals surface area contributed by atoms with Gasteiger partial charge in [0, 0.05) is 45.8 Å². The van der Waals surface area contributed by atoms with Crippen LogP contribution < -0.4 is 5.32 Å². The lowest BCUT2D eigenvalue weighted by molar-refractivity contribution is 0.0137. The van der Waals surface area contributed by atoms with Crippen LogP contribution in [0.25, 0.3) is 0 Å². The Hall–Kier alpha value is -2.32. The van der Waals surface area contributed by atoms with Gasteiger partial charge in [0.1, 0.15) is 5.60 Å². The Labute approximate surface area is 185 Å². The molecule has 1 atom stereocenters. The normalized spacial score (nSPS) is 22.2. The molecule has 0 aliphatic carbocycles. The number of fused-ring (bicyclic) bond motifs is 1. The first-order chi connectivity index (χ1) is 14.9. The van der Waals surface area contributed by atoms with Crippen molar-refractivity contribution in [3.05, 3.63) is 35.4 Å². The summed E-state index contributed by atoms with van der Waals surface area (Å²) in [5, 5.41) is 3.56. The third-order valence-corrected chi connectivity index (χ3v) is 5.91. The van der Waals surface area contributed by atoms with Crippen molar-refractivity contribution in [3.63, 3.8) is 0 Å². The molecule has 0 spiro atoms. The van der Waals surface area contributed by atoms with Crippen LogP contribution in [0.4, 0.5) is 4.79 Å². The van der Waals surface area contributed by atoms with Gasteiger partial charge < -0.3 is 24.6 Å². The number of carbonyl (C=O) groups excluding carboxylic acids is 1. The fourth-order valence-electron chi connectivity index (χ4n) is 4.28. The van der Waals surface area contributed by atoms with E-state index < -0.39 is 5.60 Å². The van der Waals surface area contributed by atoms with Gasteiger partial charge in [0.2, 0.25) is 0 Å². The van der Waals surface area contributed by atoms with E-state index in [4.69, 9.17) is 14.5 Å². The number of guanidine groups is 1. The number of aliphatic imine (C=N–C) groups is 1. The molecule has 1 aromatic rings. The van der Waals surface area contributed by atoms with Crippen molar-refractivity contribution in [2.45, 2.75) is 45.5 Å². The predicted molar refractivity (Wildman–Crippen MR) is 120 cm³/mol. The highest BCUT2D eigenvalue weighted by molar-refractivity contribution is 5.82. The second-order valence-electron chi connectivity index (χ2n) is 9.45. The van der Waals surface area contributed by atoms with E-state index in [2.05, 4.69) is 39.4 Å². The molecule has 3 aliphatic rings. The van der Waals surface area contributed by atoms with E-state index in [1.54, 1.807) is 0 Å². The summed E-state index contributed by atoms with van der Waals surface area (Å²) in [5.41, 5.74) is 2.18. The van der Waals surface area contributed by atoms with Gasteiger partial charge in [-0.2, -0.15) is 0 Å². The molecule has 170 valence electrons. The van der Waals surface area contributed by atoms with Gasteiger partial charge in [0.05, 0.1) is 25.8 Å². The minimum atomic E-state index is -0.471. The Balaban J connectivity index is 1.31. The van der Waals surface area contributed by atoms with Crippen LogP contribution in [0.5, 0.6) is 0 Å². The molecule has 3 heterocycles. The smallest absolute Gasteiger partial charge is 0.410 e. The maximum Gasteiger partial charge on any atom is 0.410 e. The van der Waals surface area contributed by atoms with E-state index >= 15 is 0 Å². The van der Waals surface area contributed by atoms with Gasteiger partial charge >= 0.3 is 6.09 Å². The number of morpholine rings is 1. The fraction of sp³-hybridized carbons (Fsp3) is 0.652. The molecule has 8 heteroatoms. The first-order valence-corrected chi connectivity index (χ1v) is 11.3. The quantitative estimate of drug-likeness (QED) is 0.789. The Bertz CT molecular complexity index is 801. The number of ether oxygens (including phenoxy) is 2. The molecule has 3 aliphatic heterocycles. The fourth-order valence-corrected chi connectivity index (χ4v) is 4.28. The lowest BCUT2D eigenvalue weighted by atomic mass is 10.1. The summed E-state index contributed by atoms with van der Waals surface area (Å²) in [6.07, 6.45) is -0.231. The van der Waals surface area contributed by atoms with E-state index in [-0.39, 0.29) is 12.1 Å². The summed E-state index contributed by atoms with van der Waals surface area (Å²) < 4.78 is 11.0. The highest BCUT2D eigenvalue weighted by Gasteiger charge is 2.36. The SMILES string of the molecule is CC(C)(C)OC(=O)N1CCN2C(NCc3ccccc3CN3CCOCC3)=NCC2C1. The standard InChI is InChI=1S/C23H35N5O3/c1-23(2,3)31-22(29)27-8-9-28-20(17-27)15-25-21(28)24-14-18-6-4-5-7-19(18)16-26-10-12-30-13-11-26/h4-7,20H,8-17H2,1-3H3,(H,24,25). The Morgan fingerprint density at radius 2 is 1.90 bits per heavy atom. The van der Waals surface area contributed by atoms with Crippen molar-refractivity contribution in [2.75, 3.05) is 52.5 Å². The van der Waals surface area contributed by atoms with Crippen molar-refractivity contribution in [1.29, 1.82) is 0 Å². The van der Waals surface area contributed by atoms with Gasteiger partial charge in [-0.3, -0.25) is 9.89 Å². The summed E-state index contributed by atoms with van der Waals surface area (Å²) >= 11 is 0. The van der Waals surface area contributed by atoms with Crippen molar-refractivity contribution < 1.29 is 14.3 Å². The summed E-state index contributed by atoms with van der Waals surface area (Å²) in [6.45, 7) is 13.8. The van der Waals surface area contributed by atoms with Gasteiger partial charge in [-0.15, -0.1) is 0 Å². The summed E-state index contributed by atoms with van der Waals surface area (Å²) in [4.78, 5) is 23.7. The van der Waals surface area contributed by atoms with Crippen LogP contribution in [-0.2, 0) is 22.6 Å². The van der Waals surface area contributed by atoms with E-state index in [0.29, 0.717) is 19.6 Å². The molecule has 8 nitrogen and oxygen atoms in total. The monoisotopic (exact) mass is 429 g/mol. The molecule has 4 rings (SSSR count). The second kappa shape index (κ2) is 9.44. The maximum atomic E-state index is 12.4. The average molecular weight is 430 g/mol. The number of piperazine rings is 1. The largest absolute Gasteiger partial charge is 0.444 e. The Morgan fingerprint density at radius 1 is 1.16 bits per heavy atom. The molecule has 1 amide bonds. The topological polar surface area (TPSA) is 69.6 Å². The number of amides is 1. The third kappa shape index (κ3) is 5.68. The molecule has 31 heavy (non-hydrogen) atoms. The predicted octanol–water partition coefficient (Wildman–Crippen LogP) is 1.90. The van der Waals surface area contributed by atoms with Crippen molar-refractivity contribution in [2.24, 2.45) is 4.99 Å². The minimum Gasteiger partial charge on any atom is -0.444 e. The number of benzene rings is 1. The zero-order valence-electron chi connectivity index (χ0n) is 19.0. The summed E-state index contributed by atoms with van der Waals surface area (Å²) in [6, 6.07) is 8.82. The lowest BCUT2D eigenvalue weighted by Crippen LogP contribution is -2.57. The molecule has 0 aromatic heterocycles. The molecule has 0 radical (unpaired) electrons. The number of rotatable bonds is 4. The summed E-state index contributed by atoms with van der Waals surface area (Å²) in [7, 11) is 0. The van der Waals surface area contributed by atoms with Crippen molar-refractivity contribution in [1.82, 2.24) is 20.0 Å². The Kier molecular flexibility index (Phi) is 6.67. The van der Waals surface area contributed by atoms with E-state index in [1.165, 1.54) is 11.1 Å². The number of hydrogen-bond acceptors (Lipinski definition) is 7. The van der Waals surface area contributed by atoms with E-state index in [1.807, 2.05) is 25.7 Å². The highest BCUT2D eigenvalue weighted by Crippen LogP contribution is 2.19. The molecular weight excluding hydrogens is 394 g/mol. The molecular formula is C23H35N5O3. The molecule has 2 fully saturated rings. The van der Waals surface area contributed by atoms with Crippen LogP contribution >= 0.6 is 0 Å². The Morgan fingerprint density at radius 3 is 2.65 bits per heavy atom. The van der Waals surface area contributed by atoms with Crippen molar-refractivity contribution >= 4 is 12.1 Å². The highest BCUT2D eigenvalue weighted by atomic mass is 16.6. The number of hydrogen-bond donors (Lipinski definition) is 1. The zero-order chi connectivity index (χ0) is 21.8. The molecule has 0 saturated carbocycles. The van der Waals surface area contributed by atoms with E-state index in [0.717, 1.165) is 51.9 Å². The van der Waals surface area contributed by atoms with Crippen LogP contribution in [0.2, 0.25) is 0 Å². The molecule has 1 unspecified atom stereocenters. The van der Waals surface area contributed by atoms with Gasteiger partial charge in [-0.05, 0) is 31.9 Å². The second-order valence-corrected chi connectivity index (χ2v) is 9.45. The van der Waals surface area contributed by atoms with E-state index in [9.17, 15) is 4.79 Å². The first-order valence-electron chi connectivity index (χ1n) is 11.3. The van der Waals surface area contributed by atoms with Gasteiger partial charge in [-0.25, -0.2) is 4.79 Å². The average Bonchev–Trinajstić information content (AvgIpc) is 3.15. The maximum absolute atomic E-state index is 12.4. The number of nitrogens with one attached hydrogen (secondary N) is 1. The van der Waals surface area contributed by atoms with Crippen LogP contribution in [0.3, 0.4) is 0 Å². The van der Waals surface area contributed by atoms with Crippen LogP contribution in [-0.4, -0.2) is 90.9 Å². The third-order valence-electron chi connectivity index (χ3n) is 5.91. The zero-order valence-corrected chi connectivity index (χ0v) is 19.0. The number of nitrogens with zero attached hydrogens (tertiary/aromatic N) is 4. The first kappa shape index (κ1) is 21.9. The van der Waals surface area contributed by atoms with Crippen molar-refractivity contribution in [3.8, 4) is 0 Å². The van der Waals surface area contributed by atoms with Crippen LogP contribution in [0, 0.1) is 0 Å². The molecule has 1 N–H and O–H groups in total. The molecule has 0 bridgehead atoms. The molecule has 2 saturated heterocycles. The van der Waals surface area contributed by atoms with Gasteiger partial charge in [-0.1, -0.05) is 24.3 Å². The van der Waals surface area contributed by atoms with Gasteiger partial charge in [0.25, 0.3) is 0 Å². The minimum absolute atomic E-state index is 0.215. The molecule has 1 aromatic carbocycles.